The van der Waals surface area contributed by atoms with Crippen molar-refractivity contribution in [2.24, 2.45) is 29.6 Å². The largest absolute Gasteiger partial charge is 0.451 e. The van der Waals surface area contributed by atoms with Crippen LogP contribution in [0.25, 0.3) is 0 Å². The number of unbranched alkanes of at least 4 members (excludes halogenated alkanes) is 2. The lowest BCUT2D eigenvalue weighted by Gasteiger charge is -2.37. The first-order valence-electron chi connectivity index (χ1n) is 24.9. The minimum atomic E-state index is -1.47. The van der Waals surface area contributed by atoms with Crippen LogP contribution in [0.3, 0.4) is 0 Å². The van der Waals surface area contributed by atoms with E-state index in [4.69, 9.17) is 4.74 Å². The van der Waals surface area contributed by atoms with Crippen LogP contribution in [0.15, 0.2) is 0 Å². The molecule has 0 aromatic rings. The number of ether oxygens (including phenoxy) is 1. The van der Waals surface area contributed by atoms with Gasteiger partial charge in [0.1, 0.15) is 36.3 Å². The van der Waals surface area contributed by atoms with E-state index in [1.165, 1.54) is 35.7 Å². The molecule has 0 bridgehead atoms. The number of nitrogens with one attached hydrogen (secondary N) is 3. The first-order valence-corrected chi connectivity index (χ1v) is 24.9. The third kappa shape index (κ3) is 18.5. The maximum Gasteiger partial charge on any atom is 0.329 e. The third-order valence-corrected chi connectivity index (χ3v) is 13.5. The zero-order valence-corrected chi connectivity index (χ0v) is 42.2. The molecule has 15 heteroatoms. The van der Waals surface area contributed by atoms with Gasteiger partial charge in [-0.15, -0.1) is 0 Å². The number of hydrogen-bond acceptors (Lipinski definition) is 9. The molecule has 0 aromatic carbocycles. The minimum absolute atomic E-state index is 0.0108. The van der Waals surface area contributed by atoms with Crippen LogP contribution in [0, 0.1) is 40.9 Å². The second-order valence-electron chi connectivity index (χ2n) is 20.3. The van der Waals surface area contributed by atoms with Gasteiger partial charge in [0.15, 0.2) is 6.10 Å². The van der Waals surface area contributed by atoms with Crippen molar-refractivity contribution in [3.8, 4) is 6.07 Å². The fourth-order valence-corrected chi connectivity index (χ4v) is 9.22. The molecule has 2 aliphatic rings. The van der Waals surface area contributed by atoms with E-state index in [1.807, 2.05) is 47.6 Å². The predicted molar refractivity (Wildman–Crippen MR) is 253 cm³/mol. The molecule has 6 amide bonds. The average Bonchev–Trinajstić information content (AvgIpc) is 3.26. The molecular formula is C50H87N7O8. The topological polar surface area (TPSA) is 198 Å². The quantitative estimate of drug-likeness (QED) is 0.126. The van der Waals surface area contributed by atoms with Gasteiger partial charge in [-0.1, -0.05) is 126 Å². The summed E-state index contributed by atoms with van der Waals surface area (Å²) in [6.45, 7) is 17.4. The van der Waals surface area contributed by atoms with Gasteiger partial charge in [-0.2, -0.15) is 5.26 Å². The van der Waals surface area contributed by atoms with Gasteiger partial charge in [-0.25, -0.2) is 4.79 Å². The van der Waals surface area contributed by atoms with E-state index in [9.17, 15) is 38.8 Å². The molecule has 1 heterocycles. The van der Waals surface area contributed by atoms with Crippen molar-refractivity contribution in [3.05, 3.63) is 0 Å². The summed E-state index contributed by atoms with van der Waals surface area (Å²) < 4.78 is 5.81. The normalized spacial score (nSPS) is 26.6. The van der Waals surface area contributed by atoms with Crippen LogP contribution >= 0.6 is 0 Å². The Bertz CT molecular complexity index is 1590. The van der Waals surface area contributed by atoms with E-state index >= 15 is 0 Å². The zero-order valence-electron chi connectivity index (χ0n) is 42.2. The van der Waals surface area contributed by atoms with Crippen LogP contribution in [-0.4, -0.2) is 120 Å². The molecule has 9 atom stereocenters. The number of amides is 6. The molecule has 15 nitrogen and oxygen atoms in total. The summed E-state index contributed by atoms with van der Waals surface area (Å²) in [6, 6.07) is -4.40. The Hall–Kier alpha value is -4.22. The van der Waals surface area contributed by atoms with Crippen molar-refractivity contribution in [2.75, 3.05) is 21.1 Å². The van der Waals surface area contributed by atoms with Crippen LogP contribution in [0.4, 0.5) is 0 Å². The van der Waals surface area contributed by atoms with E-state index in [1.54, 1.807) is 7.05 Å². The van der Waals surface area contributed by atoms with Crippen LogP contribution in [-0.2, 0) is 38.3 Å². The number of cyclic esters (lactones) is 1. The maximum atomic E-state index is 14.8. The molecule has 1 saturated carbocycles. The summed E-state index contributed by atoms with van der Waals surface area (Å²) in [7, 11) is 4.57. The van der Waals surface area contributed by atoms with Crippen LogP contribution in [0.5, 0.6) is 0 Å². The Morgan fingerprint density at radius 3 is 1.55 bits per heavy atom. The SMILES string of the molecule is CCCC[C@@H](C)C[C@@H]1NC(=O)[C@H](CC2CCCCC2)N(C)C(=O)C(CC(C)C)NC(=O)C(CC(C)C)N(C)C(=O)[C@H](C[C@H](C)CCCC)NC(=O)[C@@H](CCC#N)OC(=O)C(C)N(C)C1=O. The molecule has 0 spiro atoms. The first-order chi connectivity index (χ1) is 30.7. The molecule has 370 valence electrons. The molecule has 65 heavy (non-hydrogen) atoms. The van der Waals surface area contributed by atoms with E-state index in [0.717, 1.165) is 70.6 Å². The fourth-order valence-electron chi connectivity index (χ4n) is 9.22. The van der Waals surface area contributed by atoms with Gasteiger partial charge >= 0.3 is 5.97 Å². The maximum absolute atomic E-state index is 14.8. The number of rotatable bonds is 18. The van der Waals surface area contributed by atoms with Crippen LogP contribution in [0.2, 0.25) is 0 Å². The number of carbonyl (C=O) groups is 7. The summed E-state index contributed by atoms with van der Waals surface area (Å²) in [5.41, 5.74) is 0. The molecule has 0 aromatic heterocycles. The molecule has 0 radical (unpaired) electrons. The number of carbonyl (C=O) groups excluding carboxylic acids is 7. The Morgan fingerprint density at radius 1 is 0.631 bits per heavy atom. The highest BCUT2D eigenvalue weighted by molar-refractivity contribution is 5.97. The molecule has 3 N–H and O–H groups in total. The lowest BCUT2D eigenvalue weighted by Crippen LogP contribution is -2.60. The summed E-state index contributed by atoms with van der Waals surface area (Å²) in [5.74, 6) is -4.10. The Morgan fingerprint density at radius 2 is 1.08 bits per heavy atom. The fraction of sp³-hybridized carbons (Fsp3) is 0.840. The first kappa shape index (κ1) is 56.9. The van der Waals surface area contributed by atoms with E-state index in [-0.39, 0.29) is 68.1 Å². The van der Waals surface area contributed by atoms with E-state index < -0.39 is 83.8 Å². The van der Waals surface area contributed by atoms with Crippen molar-refractivity contribution in [1.29, 1.82) is 5.26 Å². The van der Waals surface area contributed by atoms with Crippen LogP contribution in [0.1, 0.15) is 178 Å². The molecule has 3 unspecified atom stereocenters. The van der Waals surface area contributed by atoms with Gasteiger partial charge in [0.25, 0.3) is 5.91 Å². The molecule has 1 aliphatic heterocycles. The minimum Gasteiger partial charge on any atom is -0.451 e. The highest BCUT2D eigenvalue weighted by Gasteiger charge is 2.41. The monoisotopic (exact) mass is 914 g/mol. The van der Waals surface area contributed by atoms with Crippen molar-refractivity contribution < 1.29 is 38.3 Å². The summed E-state index contributed by atoms with van der Waals surface area (Å²) in [5, 5.41) is 18.4. The molecular weight excluding hydrogens is 827 g/mol. The molecule has 2 rings (SSSR count). The van der Waals surface area contributed by atoms with Gasteiger partial charge < -0.3 is 35.4 Å². The van der Waals surface area contributed by atoms with Gasteiger partial charge in [0, 0.05) is 34.0 Å². The zero-order chi connectivity index (χ0) is 49.0. The molecule has 1 aliphatic carbocycles. The lowest BCUT2D eigenvalue weighted by atomic mass is 9.84. The van der Waals surface area contributed by atoms with Gasteiger partial charge in [0.05, 0.1) is 6.07 Å². The van der Waals surface area contributed by atoms with Crippen molar-refractivity contribution in [3.63, 3.8) is 0 Å². The Balaban J connectivity index is 2.87. The highest BCUT2D eigenvalue weighted by atomic mass is 16.5. The highest BCUT2D eigenvalue weighted by Crippen LogP contribution is 2.30. The molecule has 1 saturated heterocycles. The Kier molecular flexibility index (Phi) is 25.2. The lowest BCUT2D eigenvalue weighted by molar-refractivity contribution is -0.163. The van der Waals surface area contributed by atoms with Gasteiger partial charge in [-0.3, -0.25) is 28.8 Å². The van der Waals surface area contributed by atoms with Crippen molar-refractivity contribution in [1.82, 2.24) is 30.7 Å². The predicted octanol–water partition coefficient (Wildman–Crippen LogP) is 6.67. The summed E-state index contributed by atoms with van der Waals surface area (Å²) in [6.07, 6.45) is 9.87. The third-order valence-electron chi connectivity index (χ3n) is 13.5. The standard InChI is InChI=1S/C50H87N7O8/c1-13-15-21-34(7)29-39-47(61)55(10)36(9)50(64)65-43(25-20-26-51)46(60)54-40(30-35(8)22-16-14-2)49(63)56(11)41(28-33(5)6)44(58)52-38(27-32(3)4)48(62)57(12)42(45(59)53-39)31-37-23-18-17-19-24-37/h32-43H,13-25,27-31H2,1-12H3,(H,52,58)(H,53,59)(H,54,60)/t34-,35-,36?,38?,39+,40+,41?,42+,43-/m1/s1. The summed E-state index contributed by atoms with van der Waals surface area (Å²) in [4.78, 5) is 106. The van der Waals surface area contributed by atoms with Crippen molar-refractivity contribution in [2.45, 2.75) is 220 Å². The number of nitrogens with zero attached hydrogens (tertiary/aromatic N) is 4. The summed E-state index contributed by atoms with van der Waals surface area (Å²) >= 11 is 0. The number of nitriles is 1. The second kappa shape index (κ2) is 28.7. The Labute approximate surface area is 391 Å². The number of likely N-dealkylation sites (N-methyl/N-ethyl adjacent to an activating group) is 3. The van der Waals surface area contributed by atoms with E-state index in [2.05, 4.69) is 29.8 Å². The number of esters is 1. The molecule has 2 fully saturated rings. The second-order valence-corrected chi connectivity index (χ2v) is 20.3. The smallest absolute Gasteiger partial charge is 0.329 e. The van der Waals surface area contributed by atoms with Crippen LogP contribution < -0.4 is 16.0 Å². The average molecular weight is 914 g/mol. The number of hydrogen-bond donors (Lipinski definition) is 3. The van der Waals surface area contributed by atoms with E-state index in [0.29, 0.717) is 6.42 Å². The van der Waals surface area contributed by atoms with Gasteiger partial charge in [-0.05, 0) is 68.6 Å². The van der Waals surface area contributed by atoms with Gasteiger partial charge in [0.2, 0.25) is 29.5 Å². The van der Waals surface area contributed by atoms with Crippen molar-refractivity contribution >= 4 is 41.4 Å².